The molecule has 0 saturated heterocycles. The summed E-state index contributed by atoms with van der Waals surface area (Å²) in [5.74, 6) is 2.13. The highest BCUT2D eigenvalue weighted by Gasteiger charge is 2.33. The highest BCUT2D eigenvalue weighted by atomic mass is 16.5. The lowest BCUT2D eigenvalue weighted by Crippen LogP contribution is -2.28. The number of amides is 1. The minimum Gasteiger partial charge on any atom is -0.493 e. The first-order chi connectivity index (χ1) is 13.4. The number of fused-ring (bicyclic) bond motifs is 2. The fourth-order valence-corrected chi connectivity index (χ4v) is 3.82. The van der Waals surface area contributed by atoms with Crippen molar-refractivity contribution in [2.75, 3.05) is 13.7 Å². The van der Waals surface area contributed by atoms with Gasteiger partial charge in [0, 0.05) is 23.1 Å². The van der Waals surface area contributed by atoms with Gasteiger partial charge in [-0.1, -0.05) is 18.2 Å². The van der Waals surface area contributed by atoms with Crippen LogP contribution in [0.5, 0.6) is 17.2 Å². The molecule has 0 aliphatic carbocycles. The Morgan fingerprint density at radius 2 is 2.04 bits per heavy atom. The lowest BCUT2D eigenvalue weighted by molar-refractivity contribution is -0.116. The molecule has 1 atom stereocenters. The number of carbonyl (C=O) groups is 1. The lowest BCUT2D eigenvalue weighted by atomic mass is 9.97. The van der Waals surface area contributed by atoms with Crippen LogP contribution in [0.2, 0.25) is 0 Å². The summed E-state index contributed by atoms with van der Waals surface area (Å²) < 4.78 is 17.2. The molecule has 0 bridgehead atoms. The van der Waals surface area contributed by atoms with Crippen LogP contribution in [0.25, 0.3) is 5.57 Å². The first kappa shape index (κ1) is 18.4. The molecule has 1 N–H and O–H groups in total. The van der Waals surface area contributed by atoms with Crippen molar-refractivity contribution in [3.63, 3.8) is 0 Å². The molecule has 0 aromatic heterocycles. The van der Waals surface area contributed by atoms with E-state index in [2.05, 4.69) is 25.2 Å². The van der Waals surface area contributed by atoms with Crippen molar-refractivity contribution in [1.29, 1.82) is 0 Å². The van der Waals surface area contributed by atoms with E-state index < -0.39 is 0 Å². The molecule has 2 aromatic rings. The predicted octanol–water partition coefficient (Wildman–Crippen LogP) is 4.06. The van der Waals surface area contributed by atoms with Gasteiger partial charge in [0.1, 0.15) is 18.0 Å². The number of methoxy groups -OCH3 is 1. The molecule has 5 heteroatoms. The lowest BCUT2D eigenvalue weighted by Gasteiger charge is -2.21. The van der Waals surface area contributed by atoms with Gasteiger partial charge in [0.25, 0.3) is 5.91 Å². The monoisotopic (exact) mass is 379 g/mol. The van der Waals surface area contributed by atoms with E-state index in [0.29, 0.717) is 17.9 Å². The van der Waals surface area contributed by atoms with Gasteiger partial charge in [-0.15, -0.1) is 0 Å². The molecular formula is C23H25NO4. The van der Waals surface area contributed by atoms with Crippen LogP contribution < -0.4 is 19.5 Å². The third-order valence-electron chi connectivity index (χ3n) is 5.16. The molecule has 2 aliphatic heterocycles. The van der Waals surface area contributed by atoms with Crippen molar-refractivity contribution in [1.82, 2.24) is 5.32 Å². The van der Waals surface area contributed by atoms with Crippen molar-refractivity contribution >= 4 is 11.5 Å². The zero-order valence-electron chi connectivity index (χ0n) is 16.7. The Bertz CT molecular complexity index is 961. The topological polar surface area (TPSA) is 56.8 Å². The second-order valence-corrected chi connectivity index (χ2v) is 7.87. The van der Waals surface area contributed by atoms with E-state index in [1.54, 1.807) is 7.11 Å². The normalized spacial score (nSPS) is 17.4. The molecule has 1 amide bonds. The van der Waals surface area contributed by atoms with Gasteiger partial charge in [-0.3, -0.25) is 4.79 Å². The van der Waals surface area contributed by atoms with Crippen molar-refractivity contribution in [2.45, 2.75) is 38.8 Å². The van der Waals surface area contributed by atoms with Gasteiger partial charge in [0.2, 0.25) is 0 Å². The van der Waals surface area contributed by atoms with Crippen LogP contribution in [-0.2, 0) is 11.2 Å². The molecule has 0 fully saturated rings. The van der Waals surface area contributed by atoms with E-state index in [4.69, 9.17) is 14.2 Å². The van der Waals surface area contributed by atoms with Crippen molar-refractivity contribution < 1.29 is 19.0 Å². The minimum atomic E-state index is -0.253. The van der Waals surface area contributed by atoms with Crippen LogP contribution in [0, 0.1) is 0 Å². The van der Waals surface area contributed by atoms with Crippen molar-refractivity contribution in [2.24, 2.45) is 0 Å². The molecule has 2 heterocycles. The first-order valence-electron chi connectivity index (χ1n) is 9.51. The zero-order chi connectivity index (χ0) is 19.9. The number of nitrogens with one attached hydrogen (secondary N) is 1. The Morgan fingerprint density at radius 1 is 1.25 bits per heavy atom. The molecule has 4 rings (SSSR count). The summed E-state index contributed by atoms with van der Waals surface area (Å²) in [6.07, 6.45) is 2.63. The van der Waals surface area contributed by atoms with E-state index in [1.165, 1.54) is 0 Å². The largest absolute Gasteiger partial charge is 0.493 e. The number of hydrogen-bond donors (Lipinski definition) is 1. The molecule has 5 nitrogen and oxygen atoms in total. The second kappa shape index (κ2) is 6.89. The van der Waals surface area contributed by atoms with Crippen LogP contribution >= 0.6 is 0 Å². The average Bonchev–Trinajstić information content (AvgIpc) is 3.00. The van der Waals surface area contributed by atoms with Gasteiger partial charge < -0.3 is 19.5 Å². The third-order valence-corrected chi connectivity index (χ3v) is 5.16. The van der Waals surface area contributed by atoms with Gasteiger partial charge in [0.05, 0.1) is 13.2 Å². The summed E-state index contributed by atoms with van der Waals surface area (Å²) in [4.78, 5) is 12.9. The van der Waals surface area contributed by atoms with Crippen LogP contribution in [-0.4, -0.2) is 25.2 Å². The van der Waals surface area contributed by atoms with Gasteiger partial charge in [-0.2, -0.15) is 0 Å². The van der Waals surface area contributed by atoms with Gasteiger partial charge >= 0.3 is 0 Å². The maximum Gasteiger partial charge on any atom is 0.252 e. The molecule has 146 valence electrons. The summed E-state index contributed by atoms with van der Waals surface area (Å²) in [5, 5.41) is 3.11. The molecule has 0 saturated carbocycles. The average molecular weight is 379 g/mol. The molecule has 1 unspecified atom stereocenters. The molecule has 2 aromatic carbocycles. The van der Waals surface area contributed by atoms with Gasteiger partial charge in [0.15, 0.2) is 11.5 Å². The molecule has 0 radical (unpaired) electrons. The molecule has 0 spiro atoms. The van der Waals surface area contributed by atoms with Crippen molar-refractivity contribution in [3.05, 3.63) is 59.2 Å². The number of benzene rings is 2. The second-order valence-electron chi connectivity index (χ2n) is 7.87. The standard InChI is InChI=1S/C23H25NO4/c1-14(15-11-16-13-23(2,3)28-21(16)20(12-15)26-4)24-22(25)18-9-10-27-19-8-6-5-7-17(18)19/h5-9,11-12,14H,10,13H2,1-4H3,(H,24,25). The summed E-state index contributed by atoms with van der Waals surface area (Å²) in [6.45, 7) is 6.50. The van der Waals surface area contributed by atoms with Gasteiger partial charge in [-0.05, 0) is 50.6 Å². The summed E-state index contributed by atoms with van der Waals surface area (Å²) in [6, 6.07) is 11.5. The Balaban J connectivity index is 1.57. The van der Waals surface area contributed by atoms with Crippen LogP contribution in [0.15, 0.2) is 42.5 Å². The number of hydrogen-bond acceptors (Lipinski definition) is 4. The SMILES string of the molecule is COc1cc(C(C)NC(=O)C2=CCOc3ccccc32)cc2c1OC(C)(C)C2. The number of carbonyl (C=O) groups excluding carboxylic acids is 1. The quantitative estimate of drug-likeness (QED) is 0.870. The zero-order valence-corrected chi connectivity index (χ0v) is 16.7. The molecule has 2 aliphatic rings. The fraction of sp³-hybridized carbons (Fsp3) is 0.348. The Labute approximate surface area is 165 Å². The third kappa shape index (κ3) is 3.33. The highest BCUT2D eigenvalue weighted by Crippen LogP contribution is 2.43. The fourth-order valence-electron chi connectivity index (χ4n) is 3.82. The Morgan fingerprint density at radius 3 is 2.82 bits per heavy atom. The van der Waals surface area contributed by atoms with Gasteiger partial charge in [-0.25, -0.2) is 0 Å². The molecule has 28 heavy (non-hydrogen) atoms. The number of rotatable bonds is 4. The van der Waals surface area contributed by atoms with Crippen LogP contribution in [0.4, 0.5) is 0 Å². The first-order valence-corrected chi connectivity index (χ1v) is 9.51. The van der Waals surface area contributed by atoms with E-state index in [1.807, 2.05) is 43.3 Å². The van der Waals surface area contributed by atoms with Crippen molar-refractivity contribution in [3.8, 4) is 17.2 Å². The molecular weight excluding hydrogens is 354 g/mol. The smallest absolute Gasteiger partial charge is 0.252 e. The minimum absolute atomic E-state index is 0.112. The number of para-hydroxylation sites is 1. The van der Waals surface area contributed by atoms with E-state index in [0.717, 1.165) is 34.6 Å². The summed E-state index contributed by atoms with van der Waals surface area (Å²) in [5.41, 5.74) is 3.31. The maximum atomic E-state index is 12.9. The maximum absolute atomic E-state index is 12.9. The van der Waals surface area contributed by atoms with E-state index in [9.17, 15) is 4.79 Å². The van der Waals surface area contributed by atoms with Crippen LogP contribution in [0.3, 0.4) is 0 Å². The number of ether oxygens (including phenoxy) is 3. The van der Waals surface area contributed by atoms with E-state index in [-0.39, 0.29) is 17.6 Å². The van der Waals surface area contributed by atoms with Crippen LogP contribution in [0.1, 0.15) is 43.5 Å². The predicted molar refractivity (Wildman–Crippen MR) is 108 cm³/mol. The summed E-state index contributed by atoms with van der Waals surface area (Å²) >= 11 is 0. The Hall–Kier alpha value is -2.95. The van der Waals surface area contributed by atoms with E-state index >= 15 is 0 Å². The highest BCUT2D eigenvalue weighted by molar-refractivity contribution is 6.20. The summed E-state index contributed by atoms with van der Waals surface area (Å²) in [7, 11) is 1.64. The Kier molecular flexibility index (Phi) is 4.53.